The van der Waals surface area contributed by atoms with Crippen LogP contribution < -0.4 is 0 Å². The highest BCUT2D eigenvalue weighted by Gasteiger charge is 2.64. The van der Waals surface area contributed by atoms with Gasteiger partial charge in [0.1, 0.15) is 0 Å². The topological polar surface area (TPSA) is 89.9 Å². The van der Waals surface area contributed by atoms with E-state index in [0.717, 1.165) is 38.5 Å². The van der Waals surface area contributed by atoms with E-state index in [4.69, 9.17) is 9.47 Å². The molecular formula is C33H32O6. The van der Waals surface area contributed by atoms with Crippen molar-refractivity contribution in [3.05, 3.63) is 106 Å². The zero-order valence-corrected chi connectivity index (χ0v) is 22.2. The molecule has 39 heavy (non-hydrogen) atoms. The van der Waals surface area contributed by atoms with E-state index in [1.807, 2.05) is 36.4 Å². The van der Waals surface area contributed by atoms with Gasteiger partial charge in [-0.3, -0.25) is 0 Å². The fourth-order valence-corrected chi connectivity index (χ4v) is 8.53. The Morgan fingerprint density at radius 2 is 0.897 bits per heavy atom. The van der Waals surface area contributed by atoms with Crippen molar-refractivity contribution in [2.75, 3.05) is 14.2 Å². The molecule has 4 aliphatic rings. The summed E-state index contributed by atoms with van der Waals surface area (Å²) in [6.45, 7) is 0. The van der Waals surface area contributed by atoms with Crippen LogP contribution in [0.4, 0.5) is 0 Å². The molecule has 0 aromatic heterocycles. The summed E-state index contributed by atoms with van der Waals surface area (Å²) in [7, 11) is 2.79. The van der Waals surface area contributed by atoms with E-state index >= 15 is 0 Å². The number of carbonyl (C=O) groups is 3. The average Bonchev–Trinajstić information content (AvgIpc) is 2.96. The highest BCUT2D eigenvalue weighted by Crippen LogP contribution is 2.70. The highest BCUT2D eigenvalue weighted by atomic mass is 16.5. The summed E-state index contributed by atoms with van der Waals surface area (Å²) in [5.74, 6) is -1.11. The molecule has 4 bridgehead atoms. The van der Waals surface area contributed by atoms with Crippen molar-refractivity contribution >= 4 is 17.9 Å². The summed E-state index contributed by atoms with van der Waals surface area (Å²) in [4.78, 5) is 35.8. The fraction of sp³-hybridized carbons (Fsp3) is 0.364. The van der Waals surface area contributed by atoms with Gasteiger partial charge >= 0.3 is 17.9 Å². The second kappa shape index (κ2) is 9.08. The van der Waals surface area contributed by atoms with Crippen molar-refractivity contribution < 1.29 is 29.0 Å². The predicted molar refractivity (Wildman–Crippen MR) is 145 cm³/mol. The predicted octanol–water partition coefficient (Wildman–Crippen LogP) is 6.07. The van der Waals surface area contributed by atoms with Gasteiger partial charge in [-0.1, -0.05) is 36.4 Å². The molecule has 7 rings (SSSR count). The first-order valence-electron chi connectivity index (χ1n) is 13.4. The zero-order chi connectivity index (χ0) is 27.4. The first-order valence-corrected chi connectivity index (χ1v) is 13.4. The summed E-state index contributed by atoms with van der Waals surface area (Å²) >= 11 is 0. The summed E-state index contributed by atoms with van der Waals surface area (Å²) in [5, 5.41) is 9.48. The molecule has 2 unspecified atom stereocenters. The van der Waals surface area contributed by atoms with Crippen LogP contribution >= 0.6 is 0 Å². The number of benzene rings is 3. The zero-order valence-electron chi connectivity index (χ0n) is 22.2. The molecule has 4 aliphatic carbocycles. The molecule has 0 amide bonds. The van der Waals surface area contributed by atoms with Gasteiger partial charge in [-0.2, -0.15) is 0 Å². The molecule has 200 valence electrons. The van der Waals surface area contributed by atoms with Crippen LogP contribution in [0, 0.1) is 5.92 Å². The van der Waals surface area contributed by atoms with Gasteiger partial charge < -0.3 is 14.6 Å². The lowest BCUT2D eigenvalue weighted by Crippen LogP contribution is -2.62. The number of carbonyl (C=O) groups excluding carboxylic acids is 2. The van der Waals surface area contributed by atoms with E-state index < -0.39 is 5.97 Å². The molecular weight excluding hydrogens is 492 g/mol. The number of carboxylic acid groups (broad SMARTS) is 1. The van der Waals surface area contributed by atoms with E-state index in [1.54, 1.807) is 12.1 Å². The van der Waals surface area contributed by atoms with Gasteiger partial charge in [-0.15, -0.1) is 0 Å². The minimum absolute atomic E-state index is 0.0828. The van der Waals surface area contributed by atoms with Crippen molar-refractivity contribution in [1.82, 2.24) is 0 Å². The number of ether oxygens (including phenoxy) is 2. The lowest BCUT2D eigenvalue weighted by Gasteiger charge is -2.67. The van der Waals surface area contributed by atoms with Crippen LogP contribution in [0.1, 0.15) is 86.3 Å². The molecule has 3 aromatic carbocycles. The van der Waals surface area contributed by atoms with Crippen LogP contribution in [-0.4, -0.2) is 37.2 Å². The van der Waals surface area contributed by atoms with Crippen LogP contribution in [0.3, 0.4) is 0 Å². The second-order valence-electron chi connectivity index (χ2n) is 11.9. The summed E-state index contributed by atoms with van der Waals surface area (Å²) in [5.41, 5.74) is 4.78. The van der Waals surface area contributed by atoms with E-state index in [0.29, 0.717) is 22.6 Å². The van der Waals surface area contributed by atoms with Gasteiger partial charge in [0, 0.05) is 0 Å². The standard InChI is InChI=1S/C33H32O6/c1-38-29(36)23-5-11-26(12-6-23)32-16-21-15-31(18-32,25-9-3-22(4-10-25)28(34)35)19-33(17-21,20-32)27-13-7-24(8-14-27)30(37)39-2/h3-14,21H,15-20H2,1-2H3,(H,34,35). The van der Waals surface area contributed by atoms with Gasteiger partial charge in [-0.05, 0) is 114 Å². The Kier molecular flexibility index (Phi) is 5.90. The maximum absolute atomic E-state index is 12.1. The Morgan fingerprint density at radius 3 is 1.18 bits per heavy atom. The van der Waals surface area contributed by atoms with E-state index in [1.165, 1.54) is 30.9 Å². The normalized spacial score (nSPS) is 28.6. The molecule has 0 spiro atoms. The monoisotopic (exact) mass is 524 g/mol. The summed E-state index contributed by atoms with van der Waals surface area (Å²) in [6.07, 6.45) is 6.18. The smallest absolute Gasteiger partial charge is 0.337 e. The van der Waals surface area contributed by atoms with E-state index in [9.17, 15) is 19.5 Å². The molecule has 1 N–H and O–H groups in total. The van der Waals surface area contributed by atoms with Gasteiger partial charge in [0.25, 0.3) is 0 Å². The molecule has 2 atom stereocenters. The number of methoxy groups -OCH3 is 2. The van der Waals surface area contributed by atoms with E-state index in [2.05, 4.69) is 24.3 Å². The maximum atomic E-state index is 12.1. The summed E-state index contributed by atoms with van der Waals surface area (Å²) < 4.78 is 9.84. The number of carboxylic acids is 1. The van der Waals surface area contributed by atoms with Crippen LogP contribution in [0.2, 0.25) is 0 Å². The van der Waals surface area contributed by atoms with Gasteiger partial charge in [-0.25, -0.2) is 14.4 Å². The van der Waals surface area contributed by atoms with Crippen LogP contribution in [0.5, 0.6) is 0 Å². The van der Waals surface area contributed by atoms with Gasteiger partial charge in [0.05, 0.1) is 30.9 Å². The highest BCUT2D eigenvalue weighted by molar-refractivity contribution is 5.90. The van der Waals surface area contributed by atoms with Gasteiger partial charge in [0.2, 0.25) is 0 Å². The first kappa shape index (κ1) is 25.4. The quantitative estimate of drug-likeness (QED) is 0.394. The summed E-state index contributed by atoms with van der Waals surface area (Å²) in [6, 6.07) is 23.3. The first-order chi connectivity index (χ1) is 18.7. The minimum Gasteiger partial charge on any atom is -0.478 e. The molecule has 6 nitrogen and oxygen atoms in total. The van der Waals surface area contributed by atoms with Crippen molar-refractivity contribution in [3.8, 4) is 0 Å². The number of rotatable bonds is 6. The second-order valence-corrected chi connectivity index (χ2v) is 11.9. The van der Waals surface area contributed by atoms with Crippen molar-refractivity contribution in [3.63, 3.8) is 0 Å². The lowest BCUT2D eigenvalue weighted by atomic mass is 9.36. The third kappa shape index (κ3) is 4.05. The molecule has 0 saturated heterocycles. The molecule has 4 saturated carbocycles. The molecule has 0 heterocycles. The Labute approximate surface area is 228 Å². The van der Waals surface area contributed by atoms with Crippen molar-refractivity contribution in [2.45, 2.75) is 54.8 Å². The fourth-order valence-electron chi connectivity index (χ4n) is 8.53. The number of aromatic carboxylic acids is 1. The van der Waals surface area contributed by atoms with Crippen molar-refractivity contribution in [2.24, 2.45) is 5.92 Å². The number of esters is 2. The van der Waals surface area contributed by atoms with Gasteiger partial charge in [0.15, 0.2) is 0 Å². The molecule has 3 aromatic rings. The molecule has 0 aliphatic heterocycles. The number of hydrogen-bond donors (Lipinski definition) is 1. The third-order valence-electron chi connectivity index (χ3n) is 9.65. The van der Waals surface area contributed by atoms with Crippen molar-refractivity contribution in [1.29, 1.82) is 0 Å². The largest absolute Gasteiger partial charge is 0.478 e. The Hall–Kier alpha value is -3.93. The molecule has 6 heteroatoms. The lowest BCUT2D eigenvalue weighted by molar-refractivity contribution is -0.0494. The Morgan fingerprint density at radius 1 is 0.590 bits per heavy atom. The average molecular weight is 525 g/mol. The minimum atomic E-state index is -0.920. The SMILES string of the molecule is COC(=O)c1ccc(C23CC4CC(c5ccc(C(=O)O)cc5)(C2)CC(c2ccc(C(=O)OC)cc2)(C4)C3)cc1. The Balaban J connectivity index is 1.47. The van der Waals surface area contributed by atoms with Crippen LogP contribution in [0.25, 0.3) is 0 Å². The van der Waals surface area contributed by atoms with Crippen LogP contribution in [-0.2, 0) is 25.7 Å². The van der Waals surface area contributed by atoms with E-state index in [-0.39, 0.29) is 28.2 Å². The molecule has 4 fully saturated rings. The molecule has 0 radical (unpaired) electrons. The third-order valence-corrected chi connectivity index (χ3v) is 9.65. The maximum Gasteiger partial charge on any atom is 0.337 e. The van der Waals surface area contributed by atoms with Crippen LogP contribution in [0.15, 0.2) is 72.8 Å². The number of hydrogen-bond acceptors (Lipinski definition) is 5. The Bertz CT molecular complexity index is 1360.